The number of benzene rings is 1. The Morgan fingerprint density at radius 3 is 2.73 bits per heavy atom. The number of carbonyl (C=O) groups excluding carboxylic acids is 1. The number of nitrogens with zero attached hydrogens (tertiary/aromatic N) is 1. The van der Waals surface area contributed by atoms with Crippen LogP contribution in [0.4, 0.5) is 10.6 Å². The first kappa shape index (κ1) is 20.3. The molecular formula is C19H26ClN3O3. The van der Waals surface area contributed by atoms with Crippen LogP contribution in [0.25, 0.3) is 10.9 Å². The van der Waals surface area contributed by atoms with Crippen molar-refractivity contribution in [2.75, 3.05) is 25.6 Å². The van der Waals surface area contributed by atoms with Gasteiger partial charge in [0.25, 0.3) is 0 Å². The first-order chi connectivity index (χ1) is 12.2. The van der Waals surface area contributed by atoms with E-state index in [9.17, 15) is 4.79 Å². The second-order valence-corrected chi connectivity index (χ2v) is 7.43. The predicted octanol–water partition coefficient (Wildman–Crippen LogP) is 4.53. The molecule has 26 heavy (non-hydrogen) atoms. The van der Waals surface area contributed by atoms with Gasteiger partial charge in [-0.25, -0.2) is 9.78 Å². The average molecular weight is 380 g/mol. The number of methoxy groups -OCH3 is 1. The number of anilines is 1. The highest BCUT2D eigenvalue weighted by molar-refractivity contribution is 6.35. The predicted molar refractivity (Wildman–Crippen MR) is 105 cm³/mol. The van der Waals surface area contributed by atoms with Crippen LogP contribution >= 0.6 is 11.6 Å². The molecule has 1 unspecified atom stereocenters. The summed E-state index contributed by atoms with van der Waals surface area (Å²) < 4.78 is 10.4. The standard InChI is InChI=1S/C19H26ClN3O3/c1-12(22-18(24)26-19(2,3)4)14-11-13-7-6-8-15(20)16(13)23-17(14)21-9-10-25-5/h6-8,11-12H,9-10H2,1-5H3,(H,21,23)(H,22,24). The SMILES string of the molecule is COCCNc1nc2c(Cl)cccc2cc1C(C)NC(=O)OC(C)(C)C. The Morgan fingerprint density at radius 2 is 2.08 bits per heavy atom. The number of pyridine rings is 1. The Bertz CT molecular complexity index is 774. The van der Waals surface area contributed by atoms with E-state index in [1.807, 2.05) is 45.9 Å². The summed E-state index contributed by atoms with van der Waals surface area (Å²) >= 11 is 6.27. The number of para-hydroxylation sites is 1. The van der Waals surface area contributed by atoms with E-state index in [0.29, 0.717) is 29.5 Å². The molecule has 0 aliphatic carbocycles. The van der Waals surface area contributed by atoms with Crippen molar-refractivity contribution in [1.82, 2.24) is 10.3 Å². The second-order valence-electron chi connectivity index (χ2n) is 7.03. The molecule has 0 bridgehead atoms. The minimum atomic E-state index is -0.557. The van der Waals surface area contributed by atoms with E-state index < -0.39 is 11.7 Å². The average Bonchev–Trinajstić information content (AvgIpc) is 2.53. The third kappa shape index (κ3) is 5.47. The van der Waals surface area contributed by atoms with Crippen LogP contribution in [0.3, 0.4) is 0 Å². The number of hydrogen-bond acceptors (Lipinski definition) is 5. The largest absolute Gasteiger partial charge is 0.444 e. The number of hydrogen-bond donors (Lipinski definition) is 2. The molecule has 0 saturated heterocycles. The minimum absolute atomic E-state index is 0.300. The molecular weight excluding hydrogens is 354 g/mol. The van der Waals surface area contributed by atoms with Crippen molar-refractivity contribution in [2.45, 2.75) is 39.3 Å². The van der Waals surface area contributed by atoms with Gasteiger partial charge in [0.2, 0.25) is 0 Å². The van der Waals surface area contributed by atoms with Gasteiger partial charge in [-0.1, -0.05) is 23.7 Å². The number of alkyl carbamates (subject to hydrolysis) is 1. The molecule has 6 nitrogen and oxygen atoms in total. The molecule has 0 saturated carbocycles. The zero-order chi connectivity index (χ0) is 19.3. The molecule has 0 aliphatic rings. The van der Waals surface area contributed by atoms with E-state index in [2.05, 4.69) is 15.6 Å². The lowest BCUT2D eigenvalue weighted by Gasteiger charge is -2.23. The second kappa shape index (κ2) is 8.56. The fraction of sp³-hybridized carbons (Fsp3) is 0.474. The molecule has 142 valence electrons. The third-order valence-electron chi connectivity index (χ3n) is 3.62. The van der Waals surface area contributed by atoms with E-state index in [4.69, 9.17) is 21.1 Å². The van der Waals surface area contributed by atoms with Gasteiger partial charge in [0, 0.05) is 24.6 Å². The van der Waals surface area contributed by atoms with Crippen LogP contribution in [0.15, 0.2) is 24.3 Å². The first-order valence-corrected chi connectivity index (χ1v) is 8.90. The van der Waals surface area contributed by atoms with E-state index in [1.54, 1.807) is 13.2 Å². The summed E-state index contributed by atoms with van der Waals surface area (Å²) in [6.07, 6.45) is -0.473. The van der Waals surface area contributed by atoms with Crippen LogP contribution in [-0.2, 0) is 9.47 Å². The highest BCUT2D eigenvalue weighted by atomic mass is 35.5. The maximum absolute atomic E-state index is 12.1. The molecule has 7 heteroatoms. The van der Waals surface area contributed by atoms with Crippen LogP contribution in [-0.4, -0.2) is 36.9 Å². The van der Waals surface area contributed by atoms with Gasteiger partial charge in [-0.05, 0) is 39.8 Å². The van der Waals surface area contributed by atoms with Gasteiger partial charge in [0.05, 0.1) is 23.2 Å². The van der Waals surface area contributed by atoms with Gasteiger partial charge in [-0.3, -0.25) is 0 Å². The van der Waals surface area contributed by atoms with E-state index in [-0.39, 0.29) is 6.04 Å². The van der Waals surface area contributed by atoms with Crippen molar-refractivity contribution in [2.24, 2.45) is 0 Å². The highest BCUT2D eigenvalue weighted by Gasteiger charge is 2.21. The van der Waals surface area contributed by atoms with Crippen molar-refractivity contribution in [3.8, 4) is 0 Å². The molecule has 1 heterocycles. The maximum Gasteiger partial charge on any atom is 0.408 e. The van der Waals surface area contributed by atoms with Crippen LogP contribution in [0, 0.1) is 0 Å². The number of rotatable bonds is 6. The molecule has 2 rings (SSSR count). The van der Waals surface area contributed by atoms with E-state index >= 15 is 0 Å². The Kier molecular flexibility index (Phi) is 6.67. The highest BCUT2D eigenvalue weighted by Crippen LogP contribution is 2.29. The Hall–Kier alpha value is -2.05. The van der Waals surface area contributed by atoms with Gasteiger partial charge in [-0.2, -0.15) is 0 Å². The molecule has 2 aromatic rings. The van der Waals surface area contributed by atoms with Gasteiger partial charge in [-0.15, -0.1) is 0 Å². The molecule has 0 radical (unpaired) electrons. The lowest BCUT2D eigenvalue weighted by molar-refractivity contribution is 0.0508. The summed E-state index contributed by atoms with van der Waals surface area (Å²) in [5, 5.41) is 7.59. The molecule has 0 spiro atoms. The van der Waals surface area contributed by atoms with Gasteiger partial charge in [0.15, 0.2) is 0 Å². The monoisotopic (exact) mass is 379 g/mol. The van der Waals surface area contributed by atoms with Gasteiger partial charge >= 0.3 is 6.09 Å². The molecule has 1 aromatic heterocycles. The molecule has 2 N–H and O–H groups in total. The van der Waals surface area contributed by atoms with Crippen LogP contribution in [0.1, 0.15) is 39.3 Å². The summed E-state index contributed by atoms with van der Waals surface area (Å²) in [5.41, 5.74) is 1.00. The number of halogens is 1. The smallest absolute Gasteiger partial charge is 0.408 e. The molecule has 0 aliphatic heterocycles. The fourth-order valence-corrected chi connectivity index (χ4v) is 2.71. The number of nitrogens with one attached hydrogen (secondary N) is 2. The zero-order valence-electron chi connectivity index (χ0n) is 15.9. The van der Waals surface area contributed by atoms with Crippen LogP contribution in [0.2, 0.25) is 5.02 Å². The quantitative estimate of drug-likeness (QED) is 0.721. The van der Waals surface area contributed by atoms with Crippen molar-refractivity contribution in [3.05, 3.63) is 34.9 Å². The molecule has 0 fully saturated rings. The van der Waals surface area contributed by atoms with Crippen molar-refractivity contribution >= 4 is 34.4 Å². The lowest BCUT2D eigenvalue weighted by atomic mass is 10.1. The Labute approximate surface area is 159 Å². The summed E-state index contributed by atoms with van der Waals surface area (Å²) in [4.78, 5) is 16.8. The number of fused-ring (bicyclic) bond motifs is 1. The number of aromatic nitrogens is 1. The first-order valence-electron chi connectivity index (χ1n) is 8.53. The van der Waals surface area contributed by atoms with Crippen LogP contribution < -0.4 is 10.6 Å². The number of ether oxygens (including phenoxy) is 2. The molecule has 1 amide bonds. The third-order valence-corrected chi connectivity index (χ3v) is 3.93. The maximum atomic E-state index is 12.1. The summed E-state index contributed by atoms with van der Waals surface area (Å²) in [5.74, 6) is 0.659. The van der Waals surface area contributed by atoms with Crippen LogP contribution in [0.5, 0.6) is 0 Å². The lowest BCUT2D eigenvalue weighted by Crippen LogP contribution is -2.34. The topological polar surface area (TPSA) is 72.5 Å². The van der Waals surface area contributed by atoms with Crippen molar-refractivity contribution < 1.29 is 14.3 Å². The van der Waals surface area contributed by atoms with Gasteiger partial charge < -0.3 is 20.1 Å². The summed E-state index contributed by atoms with van der Waals surface area (Å²) in [6, 6.07) is 7.30. The van der Waals surface area contributed by atoms with E-state index in [0.717, 1.165) is 10.9 Å². The molecule has 1 atom stereocenters. The van der Waals surface area contributed by atoms with Gasteiger partial charge in [0.1, 0.15) is 11.4 Å². The Balaban J connectivity index is 2.33. The normalized spacial score (nSPS) is 12.7. The van der Waals surface area contributed by atoms with E-state index in [1.165, 1.54) is 0 Å². The summed E-state index contributed by atoms with van der Waals surface area (Å²) in [6.45, 7) is 8.50. The summed E-state index contributed by atoms with van der Waals surface area (Å²) in [7, 11) is 1.64. The Morgan fingerprint density at radius 1 is 1.35 bits per heavy atom. The molecule has 1 aromatic carbocycles. The number of carbonyl (C=O) groups is 1. The van der Waals surface area contributed by atoms with Crippen molar-refractivity contribution in [1.29, 1.82) is 0 Å². The minimum Gasteiger partial charge on any atom is -0.444 e. The zero-order valence-corrected chi connectivity index (χ0v) is 16.6. The fourth-order valence-electron chi connectivity index (χ4n) is 2.48. The number of amides is 1. The van der Waals surface area contributed by atoms with Crippen molar-refractivity contribution in [3.63, 3.8) is 0 Å².